The van der Waals surface area contributed by atoms with Crippen LogP contribution in [0.15, 0.2) is 10.9 Å². The van der Waals surface area contributed by atoms with Gasteiger partial charge >= 0.3 is 0 Å². The Morgan fingerprint density at radius 1 is 1.56 bits per heavy atom. The fourth-order valence-electron chi connectivity index (χ4n) is 2.45. The molecule has 1 fully saturated rings. The number of hydrogen-bond acceptors (Lipinski definition) is 4. The molecule has 0 saturated heterocycles. The summed E-state index contributed by atoms with van der Waals surface area (Å²) in [5.41, 5.74) is -0.0680. The molecule has 1 aliphatic carbocycles. The summed E-state index contributed by atoms with van der Waals surface area (Å²) in [6.45, 7) is 1.99. The second-order valence-electron chi connectivity index (χ2n) is 4.80. The number of H-pyrrole nitrogens is 1. The topological polar surface area (TPSA) is 57.8 Å². The van der Waals surface area contributed by atoms with Crippen molar-refractivity contribution < 1.29 is 0 Å². The van der Waals surface area contributed by atoms with Gasteiger partial charge in [0.25, 0.3) is 5.56 Å². The first-order valence-corrected chi connectivity index (χ1v) is 7.89. The summed E-state index contributed by atoms with van der Waals surface area (Å²) < 4.78 is 0. The molecule has 0 aromatic carbocycles. The van der Waals surface area contributed by atoms with Gasteiger partial charge in [0.15, 0.2) is 0 Å². The Bertz CT molecular complexity index is 446. The van der Waals surface area contributed by atoms with Crippen molar-refractivity contribution in [3.8, 4) is 0 Å². The lowest BCUT2D eigenvalue weighted by Gasteiger charge is -2.29. The first kappa shape index (κ1) is 13.5. The average Bonchev–Trinajstić information content (AvgIpc) is 2.38. The van der Waals surface area contributed by atoms with Gasteiger partial charge in [-0.1, -0.05) is 13.3 Å². The lowest BCUT2D eigenvalue weighted by Crippen LogP contribution is -2.29. The molecule has 4 nitrogen and oxygen atoms in total. The molecule has 100 valence electrons. The second kappa shape index (κ2) is 6.27. The maximum absolute atomic E-state index is 11.5. The van der Waals surface area contributed by atoms with Crippen molar-refractivity contribution in [2.45, 2.75) is 50.3 Å². The van der Waals surface area contributed by atoms with E-state index in [1.54, 1.807) is 6.07 Å². The minimum absolute atomic E-state index is 0.0680. The highest BCUT2D eigenvalue weighted by atomic mass is 32.2. The number of rotatable bonds is 4. The van der Waals surface area contributed by atoms with Crippen LogP contribution in [-0.4, -0.2) is 27.5 Å². The number of aryl methyl sites for hydroxylation is 1. The molecule has 1 aliphatic rings. The van der Waals surface area contributed by atoms with E-state index in [0.29, 0.717) is 6.04 Å². The summed E-state index contributed by atoms with van der Waals surface area (Å²) in [4.78, 5) is 18.7. The molecule has 2 unspecified atom stereocenters. The molecule has 1 heterocycles. The number of nitrogens with zero attached hydrogens (tertiary/aromatic N) is 1. The van der Waals surface area contributed by atoms with Gasteiger partial charge in [0.1, 0.15) is 11.6 Å². The Kier molecular flexibility index (Phi) is 4.69. The van der Waals surface area contributed by atoms with Crippen LogP contribution in [0.1, 0.15) is 38.4 Å². The van der Waals surface area contributed by atoms with Gasteiger partial charge in [-0.15, -0.1) is 0 Å². The van der Waals surface area contributed by atoms with Crippen LogP contribution in [0.25, 0.3) is 0 Å². The highest BCUT2D eigenvalue weighted by Gasteiger charge is 2.21. The van der Waals surface area contributed by atoms with E-state index in [4.69, 9.17) is 0 Å². The van der Waals surface area contributed by atoms with Gasteiger partial charge in [-0.25, -0.2) is 4.98 Å². The molecule has 1 aromatic heterocycles. The zero-order valence-electron chi connectivity index (χ0n) is 11.0. The quantitative estimate of drug-likeness (QED) is 0.879. The summed E-state index contributed by atoms with van der Waals surface area (Å²) in [6.07, 6.45) is 7.83. The molecule has 5 heteroatoms. The third kappa shape index (κ3) is 3.51. The highest BCUT2D eigenvalue weighted by Crippen LogP contribution is 2.28. The Morgan fingerprint density at radius 3 is 3.11 bits per heavy atom. The van der Waals surface area contributed by atoms with Crippen molar-refractivity contribution >= 4 is 17.6 Å². The first-order valence-electron chi connectivity index (χ1n) is 6.60. The van der Waals surface area contributed by atoms with Gasteiger partial charge in [-0.2, -0.15) is 11.8 Å². The van der Waals surface area contributed by atoms with Gasteiger partial charge in [-0.05, 0) is 25.5 Å². The number of aromatic nitrogens is 2. The standard InChI is InChI=1S/C13H21N3OS/c1-3-11-15-12(8-13(17)16-11)14-9-5-4-6-10(7-9)18-2/h8-10H,3-7H2,1-2H3,(H2,14,15,16,17). The van der Waals surface area contributed by atoms with Crippen molar-refractivity contribution in [1.82, 2.24) is 9.97 Å². The lowest BCUT2D eigenvalue weighted by molar-refractivity contribution is 0.472. The van der Waals surface area contributed by atoms with Crippen LogP contribution < -0.4 is 10.9 Å². The molecule has 2 atom stereocenters. The molecule has 0 spiro atoms. The average molecular weight is 267 g/mol. The van der Waals surface area contributed by atoms with E-state index in [9.17, 15) is 4.79 Å². The Labute approximate surface area is 112 Å². The summed E-state index contributed by atoms with van der Waals surface area (Å²) in [7, 11) is 0. The predicted octanol–water partition coefficient (Wildman–Crippen LogP) is 2.42. The van der Waals surface area contributed by atoms with Gasteiger partial charge in [0, 0.05) is 23.8 Å². The number of hydrogen-bond donors (Lipinski definition) is 2. The molecule has 2 rings (SSSR count). The third-order valence-corrected chi connectivity index (χ3v) is 4.53. The predicted molar refractivity (Wildman–Crippen MR) is 77.4 cm³/mol. The number of aromatic amines is 1. The smallest absolute Gasteiger partial charge is 0.252 e. The Balaban J connectivity index is 2.04. The van der Waals surface area contributed by atoms with Crippen LogP contribution >= 0.6 is 11.8 Å². The molecule has 0 amide bonds. The SMILES string of the molecule is CCc1nc(NC2CCCC(SC)C2)cc(=O)[nH]1. The van der Waals surface area contributed by atoms with Crippen LogP contribution in [0.5, 0.6) is 0 Å². The minimum atomic E-state index is -0.0680. The fourth-order valence-corrected chi connectivity index (χ4v) is 3.28. The van der Waals surface area contributed by atoms with Crippen molar-refractivity contribution in [2.75, 3.05) is 11.6 Å². The van der Waals surface area contributed by atoms with Crippen molar-refractivity contribution in [3.63, 3.8) is 0 Å². The summed E-state index contributed by atoms with van der Waals surface area (Å²) in [6, 6.07) is 2.01. The van der Waals surface area contributed by atoms with Gasteiger partial charge in [0.2, 0.25) is 0 Å². The van der Waals surface area contributed by atoms with Gasteiger partial charge in [0.05, 0.1) is 0 Å². The van der Waals surface area contributed by atoms with Crippen LogP contribution in [0.3, 0.4) is 0 Å². The molecule has 1 aromatic rings. The van der Waals surface area contributed by atoms with Gasteiger partial charge in [-0.3, -0.25) is 4.79 Å². The molecular weight excluding hydrogens is 246 g/mol. The molecule has 2 N–H and O–H groups in total. The molecular formula is C13H21N3OS. The van der Waals surface area contributed by atoms with Crippen molar-refractivity contribution in [3.05, 3.63) is 22.2 Å². The van der Waals surface area contributed by atoms with Crippen LogP contribution in [-0.2, 0) is 6.42 Å². The normalized spacial score (nSPS) is 23.9. The van der Waals surface area contributed by atoms with E-state index >= 15 is 0 Å². The van der Waals surface area contributed by atoms with E-state index in [-0.39, 0.29) is 5.56 Å². The Hall–Kier alpha value is -0.970. The second-order valence-corrected chi connectivity index (χ2v) is 5.93. The fraction of sp³-hybridized carbons (Fsp3) is 0.692. The van der Waals surface area contributed by atoms with Crippen molar-refractivity contribution in [2.24, 2.45) is 0 Å². The molecule has 0 bridgehead atoms. The molecule has 0 aliphatic heterocycles. The van der Waals surface area contributed by atoms with E-state index < -0.39 is 0 Å². The van der Waals surface area contributed by atoms with E-state index in [2.05, 4.69) is 21.5 Å². The zero-order chi connectivity index (χ0) is 13.0. The number of nitrogens with one attached hydrogen (secondary N) is 2. The van der Waals surface area contributed by atoms with Crippen LogP contribution in [0, 0.1) is 0 Å². The highest BCUT2D eigenvalue weighted by molar-refractivity contribution is 7.99. The van der Waals surface area contributed by atoms with E-state index in [1.165, 1.54) is 19.3 Å². The van der Waals surface area contributed by atoms with Gasteiger partial charge < -0.3 is 10.3 Å². The molecule has 1 saturated carbocycles. The van der Waals surface area contributed by atoms with E-state index in [1.807, 2.05) is 18.7 Å². The maximum Gasteiger partial charge on any atom is 0.252 e. The number of thioether (sulfide) groups is 1. The van der Waals surface area contributed by atoms with Crippen LogP contribution in [0.4, 0.5) is 5.82 Å². The largest absolute Gasteiger partial charge is 0.367 e. The molecule has 0 radical (unpaired) electrons. The molecule has 18 heavy (non-hydrogen) atoms. The monoisotopic (exact) mass is 267 g/mol. The first-order chi connectivity index (χ1) is 8.71. The Morgan fingerprint density at radius 2 is 2.39 bits per heavy atom. The van der Waals surface area contributed by atoms with Crippen molar-refractivity contribution in [1.29, 1.82) is 0 Å². The van der Waals surface area contributed by atoms with Crippen LogP contribution in [0.2, 0.25) is 0 Å². The van der Waals surface area contributed by atoms with E-state index in [0.717, 1.165) is 29.7 Å². The number of anilines is 1. The summed E-state index contributed by atoms with van der Waals surface area (Å²) >= 11 is 1.94. The summed E-state index contributed by atoms with van der Waals surface area (Å²) in [5, 5.41) is 4.16. The third-order valence-electron chi connectivity index (χ3n) is 3.44. The minimum Gasteiger partial charge on any atom is -0.367 e. The summed E-state index contributed by atoms with van der Waals surface area (Å²) in [5.74, 6) is 1.48. The maximum atomic E-state index is 11.5. The zero-order valence-corrected chi connectivity index (χ0v) is 11.8. The lowest BCUT2D eigenvalue weighted by atomic mass is 9.95.